The molecular formula is C23H28ClN3O. The summed E-state index contributed by atoms with van der Waals surface area (Å²) in [6.07, 6.45) is 4.81. The maximum atomic E-state index is 12.3. The van der Waals surface area contributed by atoms with Crippen molar-refractivity contribution in [2.24, 2.45) is 0 Å². The quantitative estimate of drug-likeness (QED) is 0.806. The molecule has 2 heterocycles. The van der Waals surface area contributed by atoms with Gasteiger partial charge < -0.3 is 15.5 Å². The molecule has 1 amide bonds. The monoisotopic (exact) mass is 397 g/mol. The maximum absolute atomic E-state index is 12.3. The Balaban J connectivity index is 1.39. The molecule has 2 aliphatic rings. The van der Waals surface area contributed by atoms with Crippen molar-refractivity contribution < 1.29 is 4.79 Å². The van der Waals surface area contributed by atoms with Gasteiger partial charge in [-0.1, -0.05) is 41.9 Å². The van der Waals surface area contributed by atoms with Crippen LogP contribution < -0.4 is 10.6 Å². The molecule has 0 aromatic heterocycles. The average molecular weight is 398 g/mol. The van der Waals surface area contributed by atoms with E-state index >= 15 is 0 Å². The zero-order chi connectivity index (χ0) is 19.3. The van der Waals surface area contributed by atoms with E-state index in [4.69, 9.17) is 11.6 Å². The van der Waals surface area contributed by atoms with Gasteiger partial charge in [0.15, 0.2) is 0 Å². The van der Waals surface area contributed by atoms with E-state index in [1.165, 1.54) is 16.7 Å². The van der Waals surface area contributed by atoms with E-state index in [0.29, 0.717) is 6.42 Å². The second-order valence-corrected chi connectivity index (χ2v) is 8.15. The molecule has 2 aromatic carbocycles. The molecule has 1 saturated heterocycles. The predicted molar refractivity (Wildman–Crippen MR) is 115 cm³/mol. The van der Waals surface area contributed by atoms with Gasteiger partial charge in [-0.15, -0.1) is 0 Å². The van der Waals surface area contributed by atoms with Gasteiger partial charge in [-0.2, -0.15) is 0 Å². The van der Waals surface area contributed by atoms with Crippen molar-refractivity contribution in [1.82, 2.24) is 10.2 Å². The van der Waals surface area contributed by atoms with Gasteiger partial charge in [-0.05, 0) is 67.1 Å². The van der Waals surface area contributed by atoms with Crippen LogP contribution in [0.5, 0.6) is 0 Å². The van der Waals surface area contributed by atoms with Crippen molar-refractivity contribution >= 4 is 23.2 Å². The summed E-state index contributed by atoms with van der Waals surface area (Å²) in [6, 6.07) is 12.5. The van der Waals surface area contributed by atoms with Crippen molar-refractivity contribution in [3.05, 3.63) is 63.7 Å². The summed E-state index contributed by atoms with van der Waals surface area (Å²) in [5.74, 6) is 0.246. The third-order valence-electron chi connectivity index (χ3n) is 5.79. The van der Waals surface area contributed by atoms with Gasteiger partial charge in [0, 0.05) is 19.6 Å². The molecule has 28 heavy (non-hydrogen) atoms. The number of carbonyl (C=O) groups is 1. The fourth-order valence-corrected chi connectivity index (χ4v) is 4.40. The molecule has 148 valence electrons. The summed E-state index contributed by atoms with van der Waals surface area (Å²) in [4.78, 5) is 14.3. The van der Waals surface area contributed by atoms with Crippen LogP contribution in [-0.4, -0.2) is 37.0 Å². The van der Waals surface area contributed by atoms with Crippen molar-refractivity contribution in [2.45, 2.75) is 38.6 Å². The summed E-state index contributed by atoms with van der Waals surface area (Å²) in [6.45, 7) is 4.56. The lowest BCUT2D eigenvalue weighted by Gasteiger charge is -2.17. The van der Waals surface area contributed by atoms with Crippen LogP contribution in [0.1, 0.15) is 35.1 Å². The molecule has 2 N–H and O–H groups in total. The van der Waals surface area contributed by atoms with Crippen molar-refractivity contribution in [3.8, 4) is 0 Å². The molecule has 0 radical (unpaired) electrons. The Bertz CT molecular complexity index is 828. The minimum atomic E-state index is 0.246. The molecule has 2 aliphatic heterocycles. The standard InChI is InChI=1S/C23H28ClN3O/c24-21-8-7-19-9-11-25-12-10-20(19)23(21)26-16-18-5-3-17(4-6-18)15-22(28)27-13-1-2-14-27/h3-8,25-26H,1-2,9-16H2. The number of hydrogen-bond acceptors (Lipinski definition) is 3. The molecule has 4 rings (SSSR count). The van der Waals surface area contributed by atoms with E-state index < -0.39 is 0 Å². The Hall–Kier alpha value is -2.04. The molecule has 0 bridgehead atoms. The van der Waals surface area contributed by atoms with Crippen LogP contribution in [0.3, 0.4) is 0 Å². The smallest absolute Gasteiger partial charge is 0.226 e. The van der Waals surface area contributed by atoms with Crippen LogP contribution in [-0.2, 0) is 30.6 Å². The molecule has 0 saturated carbocycles. The second kappa shape index (κ2) is 8.97. The summed E-state index contributed by atoms with van der Waals surface area (Å²) in [5, 5.41) is 7.80. The summed E-state index contributed by atoms with van der Waals surface area (Å²) in [7, 11) is 0. The summed E-state index contributed by atoms with van der Waals surface area (Å²) in [5.41, 5.74) is 6.06. The number of benzene rings is 2. The summed E-state index contributed by atoms with van der Waals surface area (Å²) < 4.78 is 0. The van der Waals surface area contributed by atoms with Crippen molar-refractivity contribution in [3.63, 3.8) is 0 Å². The number of hydrogen-bond donors (Lipinski definition) is 2. The van der Waals surface area contributed by atoms with Gasteiger partial charge >= 0.3 is 0 Å². The molecule has 0 atom stereocenters. The number of nitrogens with one attached hydrogen (secondary N) is 2. The van der Waals surface area contributed by atoms with Crippen LogP contribution in [0.15, 0.2) is 36.4 Å². The lowest BCUT2D eigenvalue weighted by molar-refractivity contribution is -0.129. The van der Waals surface area contributed by atoms with Crippen LogP contribution in [0, 0.1) is 0 Å². The Morgan fingerprint density at radius 1 is 1.00 bits per heavy atom. The van der Waals surface area contributed by atoms with Crippen LogP contribution in [0.2, 0.25) is 5.02 Å². The number of likely N-dealkylation sites (tertiary alicyclic amines) is 1. The minimum absolute atomic E-state index is 0.246. The fraction of sp³-hybridized carbons (Fsp3) is 0.435. The third kappa shape index (κ3) is 4.50. The number of fused-ring (bicyclic) bond motifs is 1. The largest absolute Gasteiger partial charge is 0.380 e. The highest BCUT2D eigenvalue weighted by Gasteiger charge is 2.18. The Kier molecular flexibility index (Phi) is 6.18. The minimum Gasteiger partial charge on any atom is -0.380 e. The molecule has 5 heteroatoms. The Labute approximate surface area is 172 Å². The molecule has 0 aliphatic carbocycles. The van der Waals surface area contributed by atoms with Crippen molar-refractivity contribution in [1.29, 1.82) is 0 Å². The molecule has 0 spiro atoms. The molecule has 0 unspecified atom stereocenters. The van der Waals surface area contributed by atoms with Gasteiger partial charge in [0.2, 0.25) is 5.91 Å². The van der Waals surface area contributed by atoms with E-state index in [1.54, 1.807) is 0 Å². The lowest BCUT2D eigenvalue weighted by Crippen LogP contribution is -2.29. The van der Waals surface area contributed by atoms with Crippen molar-refractivity contribution in [2.75, 3.05) is 31.5 Å². The zero-order valence-corrected chi connectivity index (χ0v) is 17.0. The molecule has 2 aromatic rings. The van der Waals surface area contributed by atoms with Gasteiger partial charge in [0.25, 0.3) is 0 Å². The normalized spacial score (nSPS) is 16.5. The first-order chi connectivity index (χ1) is 13.7. The summed E-state index contributed by atoms with van der Waals surface area (Å²) >= 11 is 6.50. The van der Waals surface area contributed by atoms with E-state index in [2.05, 4.69) is 41.0 Å². The number of halogens is 1. The number of carbonyl (C=O) groups excluding carboxylic acids is 1. The van der Waals surface area contributed by atoms with Crippen LogP contribution >= 0.6 is 11.6 Å². The van der Waals surface area contributed by atoms with E-state index in [0.717, 1.165) is 74.7 Å². The highest BCUT2D eigenvalue weighted by atomic mass is 35.5. The highest BCUT2D eigenvalue weighted by molar-refractivity contribution is 6.33. The first kappa shape index (κ1) is 19.3. The van der Waals surface area contributed by atoms with Gasteiger partial charge in [0.05, 0.1) is 17.1 Å². The second-order valence-electron chi connectivity index (χ2n) is 7.74. The lowest BCUT2D eigenvalue weighted by atomic mass is 10.0. The van der Waals surface area contributed by atoms with E-state index in [1.807, 2.05) is 11.0 Å². The number of anilines is 1. The topological polar surface area (TPSA) is 44.4 Å². The van der Waals surface area contributed by atoms with Gasteiger partial charge in [0.1, 0.15) is 0 Å². The zero-order valence-electron chi connectivity index (χ0n) is 16.3. The first-order valence-corrected chi connectivity index (χ1v) is 10.7. The number of amides is 1. The number of nitrogens with zero attached hydrogens (tertiary/aromatic N) is 1. The SMILES string of the molecule is O=C(Cc1ccc(CNc2c(Cl)ccc3c2CCNCC3)cc1)N1CCCC1. The van der Waals surface area contributed by atoms with E-state index in [-0.39, 0.29) is 5.91 Å². The van der Waals surface area contributed by atoms with Crippen LogP contribution in [0.25, 0.3) is 0 Å². The van der Waals surface area contributed by atoms with Gasteiger partial charge in [-0.3, -0.25) is 4.79 Å². The predicted octanol–water partition coefficient (Wildman–Crippen LogP) is 3.81. The highest BCUT2D eigenvalue weighted by Crippen LogP contribution is 2.31. The Morgan fingerprint density at radius 3 is 2.50 bits per heavy atom. The van der Waals surface area contributed by atoms with E-state index in [9.17, 15) is 4.79 Å². The van der Waals surface area contributed by atoms with Crippen LogP contribution in [0.4, 0.5) is 5.69 Å². The Morgan fingerprint density at radius 2 is 1.71 bits per heavy atom. The maximum Gasteiger partial charge on any atom is 0.226 e. The average Bonchev–Trinajstić information content (AvgIpc) is 3.14. The third-order valence-corrected chi connectivity index (χ3v) is 6.10. The molecule has 1 fully saturated rings. The molecule has 4 nitrogen and oxygen atoms in total. The number of rotatable bonds is 5. The molecular weight excluding hydrogens is 370 g/mol. The fourth-order valence-electron chi connectivity index (χ4n) is 4.15. The van der Waals surface area contributed by atoms with Gasteiger partial charge in [-0.25, -0.2) is 0 Å². The first-order valence-electron chi connectivity index (χ1n) is 10.3.